The third-order valence-corrected chi connectivity index (χ3v) is 3.30. The molecule has 100 valence electrons. The van der Waals surface area contributed by atoms with Crippen LogP contribution in [0, 0.1) is 6.92 Å². The molecule has 2 heterocycles. The number of hydrogen-bond donors (Lipinski definition) is 1. The van der Waals surface area contributed by atoms with Crippen LogP contribution < -0.4 is 9.88 Å². The molecule has 0 saturated carbocycles. The van der Waals surface area contributed by atoms with E-state index in [-0.39, 0.29) is 22.2 Å². The zero-order valence-corrected chi connectivity index (χ0v) is 11.2. The molecule has 7 nitrogen and oxygen atoms in total. The van der Waals surface area contributed by atoms with Crippen LogP contribution >= 0.6 is 0 Å². The molecule has 0 bridgehead atoms. The highest BCUT2D eigenvalue weighted by molar-refractivity contribution is 7.89. The Bertz CT molecular complexity index is 716. The molecule has 0 unspecified atom stereocenters. The summed E-state index contributed by atoms with van der Waals surface area (Å²) in [5.41, 5.74) is 1.00. The van der Waals surface area contributed by atoms with Gasteiger partial charge in [0.15, 0.2) is 5.69 Å². The number of pyridine rings is 1. The van der Waals surface area contributed by atoms with Crippen molar-refractivity contribution in [2.24, 2.45) is 5.14 Å². The average Bonchev–Trinajstić information content (AvgIpc) is 2.37. The van der Waals surface area contributed by atoms with Crippen molar-refractivity contribution < 1.29 is 13.2 Å². The highest BCUT2D eigenvalue weighted by Crippen LogP contribution is 2.28. The van der Waals surface area contributed by atoms with Gasteiger partial charge < -0.3 is 4.74 Å². The van der Waals surface area contributed by atoms with Crippen LogP contribution in [-0.2, 0) is 10.0 Å². The second kappa shape index (κ2) is 4.90. The lowest BCUT2D eigenvalue weighted by Crippen LogP contribution is -2.14. The normalized spacial score (nSPS) is 11.3. The number of nitrogens with two attached hydrogens (primary N) is 1. The third-order valence-electron chi connectivity index (χ3n) is 2.36. The highest BCUT2D eigenvalue weighted by Gasteiger charge is 2.20. The monoisotopic (exact) mass is 280 g/mol. The summed E-state index contributed by atoms with van der Waals surface area (Å²) in [5, 5.41) is 5.16. The Balaban J connectivity index is 2.73. The van der Waals surface area contributed by atoms with Crippen molar-refractivity contribution in [1.29, 1.82) is 0 Å². The van der Waals surface area contributed by atoms with Gasteiger partial charge in [0, 0.05) is 12.4 Å². The van der Waals surface area contributed by atoms with Gasteiger partial charge in [-0.25, -0.2) is 23.5 Å². The van der Waals surface area contributed by atoms with Crippen LogP contribution in [0.2, 0.25) is 0 Å². The topological polar surface area (TPSA) is 108 Å². The predicted octanol–water partition coefficient (Wildman–Crippen LogP) is 0.503. The molecule has 2 aromatic heterocycles. The maximum Gasteiger partial charge on any atom is 0.242 e. The number of primary sulfonamides is 1. The standard InChI is InChI=1S/C11H12N4O3S/c1-7-6-14-10(11(15-7)18-2)9-8(19(12,16)17)4-3-5-13-9/h3-6H,1-2H3,(H2,12,16,17). The molecule has 2 aromatic rings. The van der Waals surface area contributed by atoms with Crippen LogP contribution in [0.15, 0.2) is 29.4 Å². The first-order valence-electron chi connectivity index (χ1n) is 5.29. The minimum atomic E-state index is -3.90. The van der Waals surface area contributed by atoms with Crippen molar-refractivity contribution in [2.75, 3.05) is 7.11 Å². The van der Waals surface area contributed by atoms with Gasteiger partial charge in [0.2, 0.25) is 15.9 Å². The summed E-state index contributed by atoms with van der Waals surface area (Å²) in [4.78, 5) is 12.1. The largest absolute Gasteiger partial charge is 0.479 e. The summed E-state index contributed by atoms with van der Waals surface area (Å²) in [6.45, 7) is 1.75. The van der Waals surface area contributed by atoms with Crippen molar-refractivity contribution in [1.82, 2.24) is 15.0 Å². The summed E-state index contributed by atoms with van der Waals surface area (Å²) in [6, 6.07) is 2.84. The number of aryl methyl sites for hydroxylation is 1. The van der Waals surface area contributed by atoms with Gasteiger partial charge in [-0.3, -0.25) is 4.98 Å². The van der Waals surface area contributed by atoms with Crippen LogP contribution in [0.3, 0.4) is 0 Å². The van der Waals surface area contributed by atoms with Gasteiger partial charge in [-0.05, 0) is 19.1 Å². The second-order valence-electron chi connectivity index (χ2n) is 3.76. The van der Waals surface area contributed by atoms with Crippen LogP contribution in [0.1, 0.15) is 5.69 Å². The zero-order chi connectivity index (χ0) is 14.0. The quantitative estimate of drug-likeness (QED) is 0.877. The molecule has 0 spiro atoms. The van der Waals surface area contributed by atoms with Crippen LogP contribution in [0.5, 0.6) is 5.88 Å². The van der Waals surface area contributed by atoms with Crippen molar-refractivity contribution >= 4 is 10.0 Å². The Morgan fingerprint density at radius 3 is 2.63 bits per heavy atom. The van der Waals surface area contributed by atoms with Gasteiger partial charge in [-0.2, -0.15) is 0 Å². The lowest BCUT2D eigenvalue weighted by atomic mass is 10.2. The molecule has 0 fully saturated rings. The van der Waals surface area contributed by atoms with Gasteiger partial charge >= 0.3 is 0 Å². The molecular formula is C11H12N4O3S. The molecule has 0 atom stereocenters. The minimum Gasteiger partial charge on any atom is -0.479 e. The molecule has 0 aromatic carbocycles. The molecule has 19 heavy (non-hydrogen) atoms. The van der Waals surface area contributed by atoms with Crippen LogP contribution in [0.25, 0.3) is 11.4 Å². The van der Waals surface area contributed by atoms with Crippen molar-refractivity contribution in [3.8, 4) is 17.3 Å². The first-order valence-corrected chi connectivity index (χ1v) is 6.84. The fourth-order valence-corrected chi connectivity index (χ4v) is 2.25. The van der Waals surface area contributed by atoms with Gasteiger partial charge in [0.05, 0.1) is 12.8 Å². The maximum atomic E-state index is 11.5. The Hall–Kier alpha value is -2.06. The Morgan fingerprint density at radius 1 is 1.26 bits per heavy atom. The fraction of sp³-hybridized carbons (Fsp3) is 0.182. The molecule has 2 rings (SSSR count). The van der Waals surface area contributed by atoms with E-state index in [2.05, 4.69) is 15.0 Å². The summed E-state index contributed by atoms with van der Waals surface area (Å²) in [5.74, 6) is 0.198. The number of nitrogens with zero attached hydrogens (tertiary/aromatic N) is 3. The van der Waals surface area contributed by atoms with E-state index in [0.29, 0.717) is 5.69 Å². The van der Waals surface area contributed by atoms with E-state index in [9.17, 15) is 8.42 Å². The lowest BCUT2D eigenvalue weighted by Gasteiger charge is -2.09. The zero-order valence-electron chi connectivity index (χ0n) is 10.4. The fourth-order valence-electron chi connectivity index (χ4n) is 1.56. The van der Waals surface area contributed by atoms with Crippen LogP contribution in [-0.4, -0.2) is 30.5 Å². The predicted molar refractivity (Wildman–Crippen MR) is 67.9 cm³/mol. The number of ether oxygens (including phenoxy) is 1. The maximum absolute atomic E-state index is 11.5. The summed E-state index contributed by atoms with van der Waals surface area (Å²) in [7, 11) is -2.48. The van der Waals surface area contributed by atoms with E-state index in [1.807, 2.05) is 0 Å². The van der Waals surface area contributed by atoms with E-state index in [0.717, 1.165) is 0 Å². The van der Waals surface area contributed by atoms with Crippen LogP contribution in [0.4, 0.5) is 0 Å². The summed E-state index contributed by atoms with van der Waals surface area (Å²) < 4.78 is 28.2. The van der Waals surface area contributed by atoms with Gasteiger partial charge in [-0.1, -0.05) is 0 Å². The van der Waals surface area contributed by atoms with Gasteiger partial charge in [0.1, 0.15) is 10.6 Å². The SMILES string of the molecule is COc1nc(C)cnc1-c1ncccc1S(N)(=O)=O. The average molecular weight is 280 g/mol. The number of methoxy groups -OCH3 is 1. The third kappa shape index (κ3) is 2.69. The Labute approximate surface area is 110 Å². The molecule has 0 aliphatic carbocycles. The lowest BCUT2D eigenvalue weighted by molar-refractivity contribution is 0.396. The van der Waals surface area contributed by atoms with E-state index in [1.54, 1.807) is 6.92 Å². The summed E-state index contributed by atoms with van der Waals surface area (Å²) in [6.07, 6.45) is 2.95. The molecule has 0 radical (unpaired) electrons. The molecule has 2 N–H and O–H groups in total. The van der Waals surface area contributed by atoms with E-state index >= 15 is 0 Å². The van der Waals surface area contributed by atoms with E-state index in [1.165, 1.54) is 31.6 Å². The molecule has 8 heteroatoms. The second-order valence-corrected chi connectivity index (χ2v) is 5.29. The van der Waals surface area contributed by atoms with E-state index in [4.69, 9.17) is 9.88 Å². The van der Waals surface area contributed by atoms with Crippen molar-refractivity contribution in [2.45, 2.75) is 11.8 Å². The number of sulfonamides is 1. The number of aromatic nitrogens is 3. The van der Waals surface area contributed by atoms with Crippen molar-refractivity contribution in [3.63, 3.8) is 0 Å². The Morgan fingerprint density at radius 2 is 2.00 bits per heavy atom. The molecular weight excluding hydrogens is 268 g/mol. The van der Waals surface area contributed by atoms with Crippen molar-refractivity contribution in [3.05, 3.63) is 30.2 Å². The minimum absolute atomic E-state index is 0.119. The smallest absolute Gasteiger partial charge is 0.242 e. The first kappa shape index (κ1) is 13.4. The van der Waals surface area contributed by atoms with E-state index < -0.39 is 10.0 Å². The highest BCUT2D eigenvalue weighted by atomic mass is 32.2. The number of hydrogen-bond acceptors (Lipinski definition) is 6. The van der Waals surface area contributed by atoms with Gasteiger partial charge in [0.25, 0.3) is 0 Å². The molecule has 0 aliphatic rings. The number of rotatable bonds is 3. The van der Waals surface area contributed by atoms with Gasteiger partial charge in [-0.15, -0.1) is 0 Å². The molecule has 0 amide bonds. The summed E-state index contributed by atoms with van der Waals surface area (Å²) >= 11 is 0. The Kier molecular flexibility index (Phi) is 3.45. The first-order chi connectivity index (χ1) is 8.93. The molecule has 0 saturated heterocycles. The molecule has 0 aliphatic heterocycles.